The maximum atomic E-state index is 13.3. The van der Waals surface area contributed by atoms with E-state index in [0.29, 0.717) is 11.9 Å². The van der Waals surface area contributed by atoms with Crippen LogP contribution in [0.4, 0.5) is 0 Å². The summed E-state index contributed by atoms with van der Waals surface area (Å²) in [5, 5.41) is 0. The van der Waals surface area contributed by atoms with Gasteiger partial charge < -0.3 is 9.80 Å². The zero-order valence-electron chi connectivity index (χ0n) is 13.4. The van der Waals surface area contributed by atoms with Crippen LogP contribution in [-0.2, 0) is 9.84 Å². The van der Waals surface area contributed by atoms with Crippen molar-refractivity contribution in [3.8, 4) is 0 Å². The van der Waals surface area contributed by atoms with E-state index in [9.17, 15) is 4.79 Å². The second-order valence-corrected chi connectivity index (χ2v) is 9.86. The predicted molar refractivity (Wildman–Crippen MR) is 99.1 cm³/mol. The van der Waals surface area contributed by atoms with Gasteiger partial charge in [-0.15, -0.1) is 0 Å². The highest BCUT2D eigenvalue weighted by atomic mass is 127. The molecule has 0 unspecified atom stereocenters. The summed E-state index contributed by atoms with van der Waals surface area (Å²) in [6.45, 7) is 4.49. The first-order valence-corrected chi connectivity index (χ1v) is 10.1. The Hall–Kier alpha value is -0.620. The molecule has 4 aliphatic heterocycles. The van der Waals surface area contributed by atoms with Crippen molar-refractivity contribution >= 4 is 28.5 Å². The minimum Gasteiger partial charge on any atom is -0.332 e. The molecule has 1 aliphatic carbocycles. The van der Waals surface area contributed by atoms with Gasteiger partial charge in [-0.1, -0.05) is 34.7 Å². The Morgan fingerprint density at radius 2 is 2.04 bits per heavy atom. The second kappa shape index (κ2) is 5.19. The number of carbonyl (C=O) groups excluding carboxylic acids is 1. The molecule has 0 radical (unpaired) electrons. The van der Waals surface area contributed by atoms with Crippen molar-refractivity contribution in [3.05, 3.63) is 34.9 Å². The van der Waals surface area contributed by atoms with E-state index in [1.165, 1.54) is 49.9 Å². The SMILES string of the molecule is O=C1c2cccc3c2[C@](I)(CCC3)CN1[C@H]1CN2CCC1CC2. The van der Waals surface area contributed by atoms with E-state index in [1.54, 1.807) is 0 Å². The zero-order chi connectivity index (χ0) is 15.6. The van der Waals surface area contributed by atoms with Crippen molar-refractivity contribution in [2.75, 3.05) is 26.2 Å². The lowest BCUT2D eigenvalue weighted by Gasteiger charge is -2.53. The molecular formula is C19H23IN2O. The topological polar surface area (TPSA) is 23.6 Å². The Morgan fingerprint density at radius 1 is 1.22 bits per heavy atom. The minimum absolute atomic E-state index is 0.141. The number of hydrogen-bond acceptors (Lipinski definition) is 2. The summed E-state index contributed by atoms with van der Waals surface area (Å²) < 4.78 is 0.141. The Balaban J connectivity index is 1.57. The standard InChI is InChI=1S/C19H23IN2O/c20-19-8-2-4-14-3-1-5-15(17(14)19)18(23)22(12-19)16-11-21-9-6-13(16)7-10-21/h1,3,5,13,16H,2,4,6-12H2/t16-,19-/m0/s1. The molecule has 2 bridgehead atoms. The first-order valence-electron chi connectivity index (χ1n) is 9.00. The van der Waals surface area contributed by atoms with Crippen LogP contribution in [0.3, 0.4) is 0 Å². The Labute approximate surface area is 151 Å². The fraction of sp³-hybridized carbons (Fsp3) is 0.632. The summed E-state index contributed by atoms with van der Waals surface area (Å²) in [5.74, 6) is 1.02. The quantitative estimate of drug-likeness (QED) is 0.513. The van der Waals surface area contributed by atoms with Crippen LogP contribution in [0.1, 0.15) is 47.2 Å². The first-order chi connectivity index (χ1) is 11.2. The summed E-state index contributed by atoms with van der Waals surface area (Å²) in [7, 11) is 0. The number of nitrogens with zero attached hydrogens (tertiary/aromatic N) is 2. The number of alkyl halides is 1. The molecule has 0 N–H and O–H groups in total. The molecular weight excluding hydrogens is 399 g/mol. The molecule has 3 saturated heterocycles. The van der Waals surface area contributed by atoms with Gasteiger partial charge in [0.2, 0.25) is 0 Å². The Kier molecular flexibility index (Phi) is 3.31. The second-order valence-electron chi connectivity index (χ2n) is 7.80. The molecule has 4 heteroatoms. The summed E-state index contributed by atoms with van der Waals surface area (Å²) in [6.07, 6.45) is 6.15. The highest BCUT2D eigenvalue weighted by Gasteiger charge is 2.48. The van der Waals surface area contributed by atoms with E-state index in [2.05, 4.69) is 50.6 Å². The summed E-state index contributed by atoms with van der Waals surface area (Å²) in [6, 6.07) is 6.85. The fourth-order valence-electron chi connectivity index (χ4n) is 5.41. The molecule has 1 amide bonds. The van der Waals surface area contributed by atoms with Crippen LogP contribution in [-0.4, -0.2) is 47.9 Å². The molecule has 5 aliphatic rings. The highest BCUT2D eigenvalue weighted by Crippen LogP contribution is 2.49. The third kappa shape index (κ3) is 2.13. The van der Waals surface area contributed by atoms with Crippen LogP contribution < -0.4 is 0 Å². The van der Waals surface area contributed by atoms with Gasteiger partial charge in [0, 0.05) is 24.7 Å². The van der Waals surface area contributed by atoms with Gasteiger partial charge in [-0.2, -0.15) is 0 Å². The van der Waals surface area contributed by atoms with Crippen molar-refractivity contribution in [1.82, 2.24) is 9.80 Å². The van der Waals surface area contributed by atoms with E-state index in [-0.39, 0.29) is 3.42 Å². The number of piperidine rings is 3. The number of hydrogen-bond donors (Lipinski definition) is 0. The highest BCUT2D eigenvalue weighted by molar-refractivity contribution is 14.1. The van der Waals surface area contributed by atoms with Crippen LogP contribution in [0, 0.1) is 5.92 Å². The van der Waals surface area contributed by atoms with Gasteiger partial charge in [0.05, 0.1) is 3.42 Å². The van der Waals surface area contributed by atoms with Gasteiger partial charge in [-0.05, 0) is 68.3 Å². The molecule has 1 aromatic rings. The molecule has 3 nitrogen and oxygen atoms in total. The van der Waals surface area contributed by atoms with Crippen LogP contribution in [0.2, 0.25) is 0 Å². The molecule has 1 aromatic carbocycles. The number of rotatable bonds is 1. The van der Waals surface area contributed by atoms with Gasteiger partial charge in [-0.25, -0.2) is 0 Å². The average molecular weight is 422 g/mol. The van der Waals surface area contributed by atoms with Crippen LogP contribution >= 0.6 is 22.6 Å². The predicted octanol–water partition coefficient (Wildman–Crippen LogP) is 3.20. The lowest BCUT2D eigenvalue weighted by atomic mass is 9.75. The van der Waals surface area contributed by atoms with Gasteiger partial charge in [0.25, 0.3) is 5.91 Å². The molecule has 6 rings (SSSR count). The van der Waals surface area contributed by atoms with E-state index in [0.717, 1.165) is 31.0 Å². The molecule has 0 aromatic heterocycles. The normalized spacial score (nSPS) is 38.6. The van der Waals surface area contributed by atoms with Crippen molar-refractivity contribution < 1.29 is 4.79 Å². The molecule has 2 atom stereocenters. The molecule has 122 valence electrons. The minimum atomic E-state index is 0.141. The maximum absolute atomic E-state index is 13.3. The van der Waals surface area contributed by atoms with Crippen molar-refractivity contribution in [1.29, 1.82) is 0 Å². The first kappa shape index (κ1) is 14.7. The van der Waals surface area contributed by atoms with E-state index < -0.39 is 0 Å². The van der Waals surface area contributed by atoms with Gasteiger partial charge in [-0.3, -0.25) is 4.79 Å². The average Bonchev–Trinajstić information content (AvgIpc) is 2.59. The lowest BCUT2D eigenvalue weighted by Crippen LogP contribution is -2.62. The van der Waals surface area contributed by atoms with Gasteiger partial charge in [0.15, 0.2) is 0 Å². The van der Waals surface area contributed by atoms with E-state index >= 15 is 0 Å². The summed E-state index contributed by atoms with van der Waals surface area (Å²) in [5.41, 5.74) is 3.79. The van der Waals surface area contributed by atoms with Crippen LogP contribution in [0.15, 0.2) is 18.2 Å². The summed E-state index contributed by atoms with van der Waals surface area (Å²) >= 11 is 2.67. The van der Waals surface area contributed by atoms with E-state index in [1.807, 2.05) is 0 Å². The molecule has 4 heterocycles. The number of halogens is 1. The number of aryl methyl sites for hydroxylation is 1. The maximum Gasteiger partial charge on any atom is 0.254 e. The molecule has 3 fully saturated rings. The Morgan fingerprint density at radius 3 is 2.78 bits per heavy atom. The fourth-order valence-corrected chi connectivity index (χ4v) is 6.80. The van der Waals surface area contributed by atoms with Crippen LogP contribution in [0.25, 0.3) is 0 Å². The molecule has 0 saturated carbocycles. The smallest absolute Gasteiger partial charge is 0.254 e. The lowest BCUT2D eigenvalue weighted by molar-refractivity contribution is 0.00171. The molecule has 0 spiro atoms. The van der Waals surface area contributed by atoms with Crippen molar-refractivity contribution in [3.63, 3.8) is 0 Å². The monoisotopic (exact) mass is 422 g/mol. The third-order valence-corrected chi connectivity index (χ3v) is 7.97. The van der Waals surface area contributed by atoms with Gasteiger partial charge in [0.1, 0.15) is 0 Å². The van der Waals surface area contributed by atoms with Crippen molar-refractivity contribution in [2.45, 2.75) is 41.6 Å². The third-order valence-electron chi connectivity index (χ3n) is 6.55. The number of carbonyl (C=O) groups is 1. The number of amides is 1. The number of benzene rings is 1. The Bertz CT molecular complexity index is 667. The van der Waals surface area contributed by atoms with E-state index in [4.69, 9.17) is 0 Å². The molecule has 23 heavy (non-hydrogen) atoms. The van der Waals surface area contributed by atoms with Crippen LogP contribution in [0.5, 0.6) is 0 Å². The van der Waals surface area contributed by atoms with Crippen molar-refractivity contribution in [2.24, 2.45) is 5.92 Å². The summed E-state index contributed by atoms with van der Waals surface area (Å²) in [4.78, 5) is 18.1. The number of fused-ring (bicyclic) bond motifs is 3. The largest absolute Gasteiger partial charge is 0.332 e. The zero-order valence-corrected chi connectivity index (χ0v) is 15.6. The van der Waals surface area contributed by atoms with Gasteiger partial charge >= 0.3 is 0 Å².